The molecule has 0 heterocycles. The Morgan fingerprint density at radius 1 is 0.286 bits per heavy atom. The van der Waals surface area contributed by atoms with E-state index in [1.54, 1.807) is 12.1 Å². The van der Waals surface area contributed by atoms with Gasteiger partial charge in [0.1, 0.15) is 20.2 Å². The summed E-state index contributed by atoms with van der Waals surface area (Å²) in [5.41, 5.74) is 5.10. The van der Waals surface area contributed by atoms with Crippen LogP contribution in [0.25, 0.3) is 21.5 Å². The minimum atomic E-state index is -4.45. The van der Waals surface area contributed by atoms with Crippen molar-refractivity contribution in [3.63, 3.8) is 0 Å². The average molecular weight is 1130 g/mol. The quantitative estimate of drug-likeness (QED) is 0.0247. The SMILES string of the molecule is CCCCCCCCCCCCc1cc(CCCCCCCCCCCC)c2cc(S(=O)(=O)[O-])ccc2c1.CCCCCCCCCCCCc1cc(CCCCCCCCCCCC)c2cc(S(=O)(=O)[O-])ccc2c1.[Ca+2]. The summed E-state index contributed by atoms with van der Waals surface area (Å²) in [5.74, 6) is 0. The molecule has 0 aliphatic heterocycles. The second-order valence-corrected chi connectivity index (χ2v) is 25.7. The molecule has 0 saturated carbocycles. The van der Waals surface area contributed by atoms with Gasteiger partial charge in [-0.05, 0) is 119 Å². The topological polar surface area (TPSA) is 114 Å². The molecule has 0 unspecified atom stereocenters. The van der Waals surface area contributed by atoms with Crippen molar-refractivity contribution in [3.8, 4) is 0 Å². The van der Waals surface area contributed by atoms with E-state index >= 15 is 0 Å². The van der Waals surface area contributed by atoms with Gasteiger partial charge in [-0.1, -0.05) is 295 Å². The Morgan fingerprint density at radius 3 is 0.740 bits per heavy atom. The number of hydrogen-bond donors (Lipinski definition) is 0. The summed E-state index contributed by atoms with van der Waals surface area (Å²) >= 11 is 0. The Kier molecular flexibility index (Phi) is 41.9. The molecule has 432 valence electrons. The van der Waals surface area contributed by atoms with Crippen molar-refractivity contribution in [1.29, 1.82) is 0 Å². The van der Waals surface area contributed by atoms with Gasteiger partial charge in [0.05, 0.1) is 9.79 Å². The molecule has 0 aliphatic carbocycles. The van der Waals surface area contributed by atoms with Gasteiger partial charge in [0.25, 0.3) is 0 Å². The third-order valence-electron chi connectivity index (χ3n) is 16.0. The Hall–Kier alpha value is -1.52. The molecule has 0 saturated heterocycles. The molecule has 4 rings (SSSR count). The summed E-state index contributed by atoms with van der Waals surface area (Å²) in [6.07, 6.45) is 56.8. The van der Waals surface area contributed by atoms with Gasteiger partial charge in [0.15, 0.2) is 0 Å². The summed E-state index contributed by atoms with van der Waals surface area (Å²) in [7, 11) is -8.89. The van der Waals surface area contributed by atoms with Gasteiger partial charge >= 0.3 is 37.7 Å². The van der Waals surface area contributed by atoms with Crippen molar-refractivity contribution < 1.29 is 25.9 Å². The van der Waals surface area contributed by atoms with Crippen LogP contribution in [0.4, 0.5) is 0 Å². The van der Waals surface area contributed by atoms with Gasteiger partial charge in [-0.3, -0.25) is 0 Å². The molecule has 0 spiro atoms. The van der Waals surface area contributed by atoms with Crippen molar-refractivity contribution in [2.45, 2.75) is 320 Å². The molecule has 0 aromatic heterocycles. The molecule has 0 bridgehead atoms. The van der Waals surface area contributed by atoms with Crippen LogP contribution in [0.5, 0.6) is 0 Å². The maximum atomic E-state index is 11.7. The van der Waals surface area contributed by atoms with Gasteiger partial charge in [0, 0.05) is 0 Å². The Bertz CT molecular complexity index is 2160. The summed E-state index contributed by atoms with van der Waals surface area (Å²) in [6, 6.07) is 18.8. The smallest absolute Gasteiger partial charge is 0.744 e. The van der Waals surface area contributed by atoms with Crippen LogP contribution in [-0.2, 0) is 45.9 Å². The first-order chi connectivity index (χ1) is 36.9. The molecule has 0 atom stereocenters. The zero-order chi connectivity index (χ0) is 55.0. The molecule has 9 heteroatoms. The minimum Gasteiger partial charge on any atom is -0.744 e. The summed E-state index contributed by atoms with van der Waals surface area (Å²) < 4.78 is 69.9. The fraction of sp³-hybridized carbons (Fsp3) is 0.706. The molecule has 6 nitrogen and oxygen atoms in total. The Balaban J connectivity index is 0.000000520. The standard InChI is InChI=1S/2C34H56O3S.Ca/c2*1-3-5-7-9-11-13-15-17-19-21-23-30-27-31(24-22-20-18-16-14-12-10-8-6-4-2)34-29-33(38(35,36)37)26-25-32(34)28-30;/h2*25-29H,3-24H2,1-2H3,(H,35,36,37);/q;;+2/p-2. The molecule has 0 fully saturated rings. The van der Waals surface area contributed by atoms with Crippen LogP contribution in [-0.4, -0.2) is 63.7 Å². The van der Waals surface area contributed by atoms with Crippen molar-refractivity contribution in [2.75, 3.05) is 0 Å². The number of benzene rings is 4. The van der Waals surface area contributed by atoms with Crippen LogP contribution in [0.3, 0.4) is 0 Å². The first kappa shape index (κ1) is 71.6. The van der Waals surface area contributed by atoms with E-state index in [1.165, 1.54) is 278 Å². The third kappa shape index (κ3) is 33.2. The van der Waals surface area contributed by atoms with E-state index < -0.39 is 20.2 Å². The van der Waals surface area contributed by atoms with E-state index in [0.29, 0.717) is 0 Å². The molecule has 0 amide bonds. The van der Waals surface area contributed by atoms with Gasteiger partial charge in [0.2, 0.25) is 0 Å². The van der Waals surface area contributed by atoms with E-state index in [4.69, 9.17) is 0 Å². The van der Waals surface area contributed by atoms with Crippen molar-refractivity contribution in [3.05, 3.63) is 82.9 Å². The number of rotatable bonds is 46. The van der Waals surface area contributed by atoms with Crippen LogP contribution in [0.1, 0.15) is 307 Å². The predicted molar refractivity (Wildman–Crippen MR) is 332 cm³/mol. The van der Waals surface area contributed by atoms with Crippen molar-refractivity contribution in [1.82, 2.24) is 0 Å². The van der Waals surface area contributed by atoms with Gasteiger partial charge in [-0.2, -0.15) is 0 Å². The number of fused-ring (bicyclic) bond motifs is 2. The summed E-state index contributed by atoms with van der Waals surface area (Å²) in [6.45, 7) is 9.06. The molecule has 4 aromatic rings. The monoisotopic (exact) mass is 1130 g/mol. The maximum absolute atomic E-state index is 11.7. The maximum Gasteiger partial charge on any atom is 2.00 e. The second kappa shape index (κ2) is 45.1. The molecule has 77 heavy (non-hydrogen) atoms. The van der Waals surface area contributed by atoms with E-state index in [1.807, 2.05) is 12.1 Å². The molecular formula is C68H110CaO6S2. The van der Waals surface area contributed by atoms with E-state index in [9.17, 15) is 25.9 Å². The normalized spacial score (nSPS) is 11.8. The summed E-state index contributed by atoms with van der Waals surface area (Å²) in [5, 5.41) is 3.99. The van der Waals surface area contributed by atoms with Crippen molar-refractivity contribution in [2.24, 2.45) is 0 Å². The zero-order valence-corrected chi connectivity index (χ0v) is 53.7. The minimum absolute atomic E-state index is 0. The van der Waals surface area contributed by atoms with E-state index in [-0.39, 0.29) is 47.5 Å². The molecular weight excluding hydrogens is 1020 g/mol. The number of hydrogen-bond acceptors (Lipinski definition) is 6. The Labute approximate surface area is 504 Å². The number of aryl methyl sites for hydroxylation is 4. The van der Waals surface area contributed by atoms with Gasteiger partial charge in [-0.15, -0.1) is 0 Å². The van der Waals surface area contributed by atoms with Gasteiger partial charge in [-0.25, -0.2) is 16.8 Å². The molecule has 4 aromatic carbocycles. The first-order valence-electron chi connectivity index (χ1n) is 31.9. The van der Waals surface area contributed by atoms with Crippen LogP contribution in [0.2, 0.25) is 0 Å². The van der Waals surface area contributed by atoms with Crippen LogP contribution in [0, 0.1) is 0 Å². The van der Waals surface area contributed by atoms with Gasteiger partial charge < -0.3 is 9.11 Å². The van der Waals surface area contributed by atoms with E-state index in [2.05, 4.69) is 52.0 Å². The summed E-state index contributed by atoms with van der Waals surface area (Å²) in [4.78, 5) is -0.228. The van der Waals surface area contributed by atoms with Crippen LogP contribution >= 0.6 is 0 Å². The predicted octanol–water partition coefficient (Wildman–Crippen LogP) is 21.0. The molecule has 0 radical (unpaired) electrons. The zero-order valence-electron chi connectivity index (χ0n) is 49.9. The van der Waals surface area contributed by atoms with Crippen LogP contribution in [0.15, 0.2) is 70.5 Å². The average Bonchev–Trinajstić information content (AvgIpc) is 3.40. The number of unbranched alkanes of at least 4 members (excludes halogenated alkanes) is 36. The fourth-order valence-corrected chi connectivity index (χ4v) is 12.2. The first-order valence-corrected chi connectivity index (χ1v) is 34.8. The third-order valence-corrected chi connectivity index (χ3v) is 17.6. The largest absolute Gasteiger partial charge is 2.00 e. The van der Waals surface area contributed by atoms with Crippen LogP contribution < -0.4 is 0 Å². The van der Waals surface area contributed by atoms with E-state index in [0.717, 1.165) is 60.1 Å². The second-order valence-electron chi connectivity index (χ2n) is 22.9. The molecule has 0 aliphatic rings. The Morgan fingerprint density at radius 2 is 0.506 bits per heavy atom. The fourth-order valence-electron chi connectivity index (χ4n) is 11.2. The molecule has 0 N–H and O–H groups in total. The van der Waals surface area contributed by atoms with Crippen molar-refractivity contribution >= 4 is 79.5 Å².